The second-order valence-corrected chi connectivity index (χ2v) is 4.88. The molecule has 0 bridgehead atoms. The van der Waals surface area contributed by atoms with Gasteiger partial charge in [-0.1, -0.05) is 0 Å². The molecule has 1 aromatic carbocycles. The quantitative estimate of drug-likeness (QED) is 0.919. The molecule has 0 unspecified atom stereocenters. The summed E-state index contributed by atoms with van der Waals surface area (Å²) in [6.07, 6.45) is 0. The smallest absolute Gasteiger partial charge is 0.337 e. The van der Waals surface area contributed by atoms with Crippen molar-refractivity contribution in [2.45, 2.75) is 13.8 Å². The van der Waals surface area contributed by atoms with E-state index >= 15 is 0 Å². The number of carboxylic acid groups (broad SMARTS) is 1. The van der Waals surface area contributed by atoms with E-state index < -0.39 is 5.97 Å². The lowest BCUT2D eigenvalue weighted by atomic mass is 10.2. The van der Waals surface area contributed by atoms with Crippen LogP contribution in [0.15, 0.2) is 28.7 Å². The Morgan fingerprint density at radius 1 is 1.33 bits per heavy atom. The van der Waals surface area contributed by atoms with E-state index in [1.807, 2.05) is 6.92 Å². The first-order valence-electron chi connectivity index (χ1n) is 5.29. The van der Waals surface area contributed by atoms with Gasteiger partial charge in [0.15, 0.2) is 0 Å². The Morgan fingerprint density at radius 3 is 2.50 bits per heavy atom. The number of aromatic carboxylic acids is 1. The zero-order chi connectivity index (χ0) is 13.4. The summed E-state index contributed by atoms with van der Waals surface area (Å²) in [6, 6.07) is 5.92. The first-order valence-corrected chi connectivity index (χ1v) is 6.08. The summed E-state index contributed by atoms with van der Waals surface area (Å²) in [5.41, 5.74) is 2.38. The van der Waals surface area contributed by atoms with Crippen LogP contribution >= 0.6 is 15.9 Å². The molecule has 0 amide bonds. The average molecular weight is 312 g/mol. The third-order valence-corrected chi connectivity index (χ3v) is 3.45. The Morgan fingerprint density at radius 2 is 2.00 bits per heavy atom. The Hall–Kier alpha value is -1.62. The molecule has 3 nitrogen and oxygen atoms in total. The lowest BCUT2D eigenvalue weighted by Gasteiger charge is -2.11. The second kappa shape index (κ2) is 4.57. The van der Waals surface area contributed by atoms with Crippen molar-refractivity contribution in [3.8, 4) is 5.69 Å². The van der Waals surface area contributed by atoms with Crippen molar-refractivity contribution in [2.24, 2.45) is 0 Å². The lowest BCUT2D eigenvalue weighted by Crippen LogP contribution is -2.03. The molecule has 0 saturated heterocycles. The minimum Gasteiger partial charge on any atom is -0.478 e. The molecule has 5 heteroatoms. The third kappa shape index (κ3) is 2.06. The molecule has 1 N–H and O–H groups in total. The summed E-state index contributed by atoms with van der Waals surface area (Å²) in [5, 5.41) is 9.08. The molecular weight excluding hydrogens is 301 g/mol. The van der Waals surface area contributed by atoms with Crippen molar-refractivity contribution in [3.63, 3.8) is 0 Å². The highest BCUT2D eigenvalue weighted by Gasteiger charge is 2.17. The van der Waals surface area contributed by atoms with Gasteiger partial charge in [0, 0.05) is 15.9 Å². The fourth-order valence-corrected chi connectivity index (χ4v) is 2.54. The molecule has 2 rings (SSSR count). The van der Waals surface area contributed by atoms with E-state index in [1.165, 1.54) is 12.1 Å². The summed E-state index contributed by atoms with van der Waals surface area (Å²) in [7, 11) is 0. The van der Waals surface area contributed by atoms with Crippen LogP contribution < -0.4 is 0 Å². The zero-order valence-electron chi connectivity index (χ0n) is 9.87. The van der Waals surface area contributed by atoms with E-state index in [1.54, 1.807) is 23.6 Å². The van der Waals surface area contributed by atoms with Crippen molar-refractivity contribution in [2.75, 3.05) is 0 Å². The fourth-order valence-electron chi connectivity index (χ4n) is 2.01. The number of rotatable bonds is 2. The molecule has 2 aromatic rings. The predicted molar refractivity (Wildman–Crippen MR) is 69.9 cm³/mol. The Balaban J connectivity index is 2.68. The molecule has 1 aromatic heterocycles. The van der Waals surface area contributed by atoms with Crippen LogP contribution in [0.4, 0.5) is 4.39 Å². The summed E-state index contributed by atoms with van der Waals surface area (Å²) >= 11 is 3.29. The highest BCUT2D eigenvalue weighted by molar-refractivity contribution is 9.10. The molecule has 0 aliphatic heterocycles. The molecule has 94 valence electrons. The molecule has 1 heterocycles. The summed E-state index contributed by atoms with van der Waals surface area (Å²) < 4.78 is 15.4. The number of aryl methyl sites for hydroxylation is 1. The summed E-state index contributed by atoms with van der Waals surface area (Å²) in [5.74, 6) is -1.31. The SMILES string of the molecule is Cc1cc(C(=O)O)c(C)n1-c1ccc(F)cc1Br. The topological polar surface area (TPSA) is 42.2 Å². The van der Waals surface area contributed by atoms with Crippen LogP contribution in [-0.4, -0.2) is 15.6 Å². The highest BCUT2D eigenvalue weighted by atomic mass is 79.9. The molecule has 0 radical (unpaired) electrons. The number of carboxylic acids is 1. The van der Waals surface area contributed by atoms with Crippen molar-refractivity contribution in [1.29, 1.82) is 0 Å². The first kappa shape index (κ1) is 12.8. The minimum atomic E-state index is -0.965. The van der Waals surface area contributed by atoms with E-state index in [0.29, 0.717) is 10.2 Å². The van der Waals surface area contributed by atoms with E-state index in [0.717, 1.165) is 11.4 Å². The van der Waals surface area contributed by atoms with Gasteiger partial charge in [-0.25, -0.2) is 9.18 Å². The number of benzene rings is 1. The Labute approximate surface area is 112 Å². The summed E-state index contributed by atoms with van der Waals surface area (Å²) in [4.78, 5) is 11.1. The van der Waals surface area contributed by atoms with Crippen LogP contribution in [0, 0.1) is 19.7 Å². The van der Waals surface area contributed by atoms with Crippen LogP contribution in [-0.2, 0) is 0 Å². The Kier molecular flexibility index (Phi) is 3.26. The molecule has 0 aliphatic carbocycles. The van der Waals surface area contributed by atoms with Crippen molar-refractivity contribution < 1.29 is 14.3 Å². The molecule has 0 fully saturated rings. The molecule has 18 heavy (non-hydrogen) atoms. The molecule has 0 aliphatic rings. The van der Waals surface area contributed by atoms with Gasteiger partial charge in [0.1, 0.15) is 5.82 Å². The third-order valence-electron chi connectivity index (χ3n) is 2.81. The lowest BCUT2D eigenvalue weighted by molar-refractivity contribution is 0.0696. The Bertz CT molecular complexity index is 634. The van der Waals surface area contributed by atoms with Gasteiger partial charge in [0.25, 0.3) is 0 Å². The van der Waals surface area contributed by atoms with Crippen molar-refractivity contribution >= 4 is 21.9 Å². The van der Waals surface area contributed by atoms with Gasteiger partial charge < -0.3 is 9.67 Å². The summed E-state index contributed by atoms with van der Waals surface area (Å²) in [6.45, 7) is 3.54. The van der Waals surface area contributed by atoms with Gasteiger partial charge in [0.2, 0.25) is 0 Å². The van der Waals surface area contributed by atoms with Crippen LogP contribution in [0.5, 0.6) is 0 Å². The average Bonchev–Trinajstić information content (AvgIpc) is 2.56. The fraction of sp³-hybridized carbons (Fsp3) is 0.154. The van der Waals surface area contributed by atoms with Crippen molar-refractivity contribution in [3.05, 3.63) is 51.5 Å². The number of halogens is 2. The molecule has 0 atom stereocenters. The van der Waals surface area contributed by atoms with Gasteiger partial charge in [0.05, 0.1) is 11.3 Å². The maximum Gasteiger partial charge on any atom is 0.337 e. The van der Waals surface area contributed by atoms with Gasteiger partial charge in [-0.3, -0.25) is 0 Å². The van der Waals surface area contributed by atoms with Gasteiger partial charge in [-0.15, -0.1) is 0 Å². The van der Waals surface area contributed by atoms with Gasteiger partial charge >= 0.3 is 5.97 Å². The van der Waals surface area contributed by atoms with E-state index in [2.05, 4.69) is 15.9 Å². The number of hydrogen-bond acceptors (Lipinski definition) is 1. The minimum absolute atomic E-state index is 0.253. The number of nitrogens with zero attached hydrogens (tertiary/aromatic N) is 1. The highest BCUT2D eigenvalue weighted by Crippen LogP contribution is 2.27. The molecule has 0 spiro atoms. The normalized spacial score (nSPS) is 10.7. The van der Waals surface area contributed by atoms with E-state index in [-0.39, 0.29) is 11.4 Å². The standard InChI is InChI=1S/C13H11BrFNO2/c1-7-5-10(13(17)18)8(2)16(7)12-4-3-9(15)6-11(12)14/h3-6H,1-2H3,(H,17,18). The zero-order valence-corrected chi connectivity index (χ0v) is 11.5. The van der Waals surface area contributed by atoms with Gasteiger partial charge in [-0.05, 0) is 54.0 Å². The molecular formula is C13H11BrFNO2. The molecule has 0 saturated carbocycles. The maximum absolute atomic E-state index is 13.1. The van der Waals surface area contributed by atoms with Crippen LogP contribution in [0.25, 0.3) is 5.69 Å². The van der Waals surface area contributed by atoms with Gasteiger partial charge in [-0.2, -0.15) is 0 Å². The second-order valence-electron chi connectivity index (χ2n) is 4.02. The van der Waals surface area contributed by atoms with E-state index in [4.69, 9.17) is 5.11 Å². The van der Waals surface area contributed by atoms with Crippen LogP contribution in [0.1, 0.15) is 21.7 Å². The van der Waals surface area contributed by atoms with Crippen molar-refractivity contribution in [1.82, 2.24) is 4.57 Å². The monoisotopic (exact) mass is 311 g/mol. The predicted octanol–water partition coefficient (Wildman–Crippen LogP) is 3.69. The number of hydrogen-bond donors (Lipinski definition) is 1. The first-order chi connectivity index (χ1) is 8.41. The maximum atomic E-state index is 13.1. The van der Waals surface area contributed by atoms with Crippen LogP contribution in [0.3, 0.4) is 0 Å². The number of carbonyl (C=O) groups is 1. The number of aromatic nitrogens is 1. The van der Waals surface area contributed by atoms with Crippen LogP contribution in [0.2, 0.25) is 0 Å². The van der Waals surface area contributed by atoms with E-state index in [9.17, 15) is 9.18 Å². The largest absolute Gasteiger partial charge is 0.478 e.